The van der Waals surface area contributed by atoms with Gasteiger partial charge in [-0.05, 0) is 12.1 Å². The molecule has 0 radical (unpaired) electrons. The lowest BCUT2D eigenvalue weighted by Gasteiger charge is -2.10. The Bertz CT molecular complexity index is 628. The molecule has 0 saturated heterocycles. The number of carbonyl (C=O) groups excluding carboxylic acids is 1. The fraction of sp³-hybridized carbons (Fsp3) is 0.143. The number of ether oxygens (including phenoxy) is 2. The predicted molar refractivity (Wildman–Crippen MR) is 73.4 cm³/mol. The maximum absolute atomic E-state index is 12.1. The van der Waals surface area contributed by atoms with E-state index in [1.165, 1.54) is 32.5 Å². The van der Waals surface area contributed by atoms with E-state index in [9.17, 15) is 9.90 Å². The molecule has 1 aromatic carbocycles. The average molecular weight is 274 g/mol. The number of aromatic nitrogens is 1. The van der Waals surface area contributed by atoms with Crippen molar-refractivity contribution < 1.29 is 19.4 Å². The molecule has 0 atom stereocenters. The van der Waals surface area contributed by atoms with Crippen molar-refractivity contribution in [3.63, 3.8) is 0 Å². The summed E-state index contributed by atoms with van der Waals surface area (Å²) < 4.78 is 10.1. The first kappa shape index (κ1) is 13.7. The quantitative estimate of drug-likeness (QED) is 0.892. The monoisotopic (exact) mass is 274 g/mol. The van der Waals surface area contributed by atoms with Crippen molar-refractivity contribution in [3.05, 3.63) is 42.2 Å². The summed E-state index contributed by atoms with van der Waals surface area (Å²) in [5, 5.41) is 12.4. The van der Waals surface area contributed by atoms with Gasteiger partial charge in [-0.25, -0.2) is 0 Å². The van der Waals surface area contributed by atoms with Crippen molar-refractivity contribution in [2.75, 3.05) is 19.5 Å². The second kappa shape index (κ2) is 5.92. The van der Waals surface area contributed by atoms with E-state index in [0.717, 1.165) is 0 Å². The van der Waals surface area contributed by atoms with Gasteiger partial charge in [-0.2, -0.15) is 0 Å². The van der Waals surface area contributed by atoms with E-state index in [0.29, 0.717) is 17.2 Å². The number of nitrogens with one attached hydrogen (secondary N) is 1. The maximum Gasteiger partial charge on any atom is 0.259 e. The van der Waals surface area contributed by atoms with Crippen molar-refractivity contribution in [2.45, 2.75) is 0 Å². The number of phenolic OH excluding ortho intramolecular Hbond substituents is 1. The van der Waals surface area contributed by atoms with Gasteiger partial charge in [-0.3, -0.25) is 9.78 Å². The van der Waals surface area contributed by atoms with Gasteiger partial charge in [0.2, 0.25) is 0 Å². The number of nitrogens with zero attached hydrogens (tertiary/aromatic N) is 1. The highest BCUT2D eigenvalue weighted by Gasteiger charge is 2.14. The zero-order chi connectivity index (χ0) is 14.5. The molecule has 6 nitrogen and oxygen atoms in total. The van der Waals surface area contributed by atoms with Crippen LogP contribution in [-0.4, -0.2) is 30.2 Å². The Morgan fingerprint density at radius 2 is 2.05 bits per heavy atom. The average Bonchev–Trinajstić information content (AvgIpc) is 2.47. The van der Waals surface area contributed by atoms with Gasteiger partial charge in [-0.15, -0.1) is 0 Å². The largest absolute Gasteiger partial charge is 0.507 e. The third-order valence-electron chi connectivity index (χ3n) is 2.70. The van der Waals surface area contributed by atoms with Crippen molar-refractivity contribution in [2.24, 2.45) is 0 Å². The molecule has 0 aliphatic heterocycles. The van der Waals surface area contributed by atoms with Crippen LogP contribution in [0.3, 0.4) is 0 Å². The number of hydrogen-bond donors (Lipinski definition) is 2. The van der Waals surface area contributed by atoms with Crippen LogP contribution in [0.15, 0.2) is 36.7 Å². The summed E-state index contributed by atoms with van der Waals surface area (Å²) in [6.45, 7) is 0. The number of rotatable bonds is 4. The third-order valence-corrected chi connectivity index (χ3v) is 2.70. The van der Waals surface area contributed by atoms with E-state index in [-0.39, 0.29) is 11.3 Å². The second-order valence-electron chi connectivity index (χ2n) is 3.91. The summed E-state index contributed by atoms with van der Waals surface area (Å²) in [7, 11) is 2.98. The molecule has 1 heterocycles. The Balaban J connectivity index is 2.24. The number of benzene rings is 1. The predicted octanol–water partition coefficient (Wildman–Crippen LogP) is 2.06. The number of anilines is 1. The first-order chi connectivity index (χ1) is 9.65. The first-order valence-electron chi connectivity index (χ1n) is 5.82. The molecular weight excluding hydrogens is 260 g/mol. The minimum atomic E-state index is -0.462. The van der Waals surface area contributed by atoms with E-state index in [1.54, 1.807) is 18.3 Å². The van der Waals surface area contributed by atoms with Gasteiger partial charge in [-0.1, -0.05) is 0 Å². The summed E-state index contributed by atoms with van der Waals surface area (Å²) in [6, 6.07) is 6.07. The highest BCUT2D eigenvalue weighted by molar-refractivity contribution is 6.06. The Kier molecular flexibility index (Phi) is 4.05. The smallest absolute Gasteiger partial charge is 0.259 e. The number of methoxy groups -OCH3 is 2. The van der Waals surface area contributed by atoms with Crippen molar-refractivity contribution in [1.29, 1.82) is 0 Å². The second-order valence-corrected chi connectivity index (χ2v) is 3.91. The zero-order valence-corrected chi connectivity index (χ0v) is 11.1. The van der Waals surface area contributed by atoms with Crippen LogP contribution >= 0.6 is 0 Å². The van der Waals surface area contributed by atoms with Crippen LogP contribution in [0.5, 0.6) is 17.2 Å². The molecule has 1 amide bonds. The fourth-order valence-electron chi connectivity index (χ4n) is 1.67. The van der Waals surface area contributed by atoms with Crippen LogP contribution in [0, 0.1) is 0 Å². The Morgan fingerprint density at radius 3 is 2.70 bits per heavy atom. The van der Waals surface area contributed by atoms with Crippen LogP contribution in [0.1, 0.15) is 10.4 Å². The Hall–Kier alpha value is -2.76. The molecule has 1 aromatic heterocycles. The van der Waals surface area contributed by atoms with Gasteiger partial charge in [0.05, 0.1) is 26.0 Å². The number of pyridine rings is 1. The summed E-state index contributed by atoms with van der Waals surface area (Å²) in [5.74, 6) is 0.334. The molecule has 2 aromatic rings. The number of phenols is 1. The number of amides is 1. The van der Waals surface area contributed by atoms with E-state index >= 15 is 0 Å². The molecular formula is C14H14N2O4. The van der Waals surface area contributed by atoms with Crippen LogP contribution < -0.4 is 14.8 Å². The molecule has 0 aliphatic carbocycles. The SMILES string of the molecule is COc1ccc(C(=O)Nc2cnccc2OC)c(O)c1. The fourth-order valence-corrected chi connectivity index (χ4v) is 1.67. The molecule has 0 unspecified atom stereocenters. The molecule has 0 bridgehead atoms. The van der Waals surface area contributed by atoms with E-state index in [1.807, 2.05) is 0 Å². The molecule has 20 heavy (non-hydrogen) atoms. The topological polar surface area (TPSA) is 80.7 Å². The molecule has 6 heteroatoms. The Morgan fingerprint density at radius 1 is 1.25 bits per heavy atom. The highest BCUT2D eigenvalue weighted by Crippen LogP contribution is 2.26. The van der Waals surface area contributed by atoms with Crippen LogP contribution in [0.2, 0.25) is 0 Å². The minimum Gasteiger partial charge on any atom is -0.507 e. The molecule has 0 fully saturated rings. The lowest BCUT2D eigenvalue weighted by Crippen LogP contribution is -2.13. The summed E-state index contributed by atoms with van der Waals surface area (Å²) in [4.78, 5) is 16.0. The molecule has 2 rings (SSSR count). The van der Waals surface area contributed by atoms with Crippen molar-refractivity contribution in [3.8, 4) is 17.2 Å². The number of carbonyl (C=O) groups is 1. The number of aromatic hydroxyl groups is 1. The number of hydrogen-bond acceptors (Lipinski definition) is 5. The van der Waals surface area contributed by atoms with Crippen molar-refractivity contribution in [1.82, 2.24) is 4.98 Å². The lowest BCUT2D eigenvalue weighted by molar-refractivity contribution is 0.102. The summed E-state index contributed by atoms with van der Waals surface area (Å²) in [5.41, 5.74) is 0.562. The van der Waals surface area contributed by atoms with E-state index in [4.69, 9.17) is 9.47 Å². The van der Waals surface area contributed by atoms with Gasteiger partial charge in [0.25, 0.3) is 5.91 Å². The first-order valence-corrected chi connectivity index (χ1v) is 5.82. The van der Waals surface area contributed by atoms with Crippen LogP contribution in [0.25, 0.3) is 0 Å². The third kappa shape index (κ3) is 2.80. The van der Waals surface area contributed by atoms with Crippen LogP contribution in [0.4, 0.5) is 5.69 Å². The normalized spacial score (nSPS) is 9.90. The maximum atomic E-state index is 12.1. The Labute approximate surface area is 116 Å². The van der Waals surface area contributed by atoms with E-state index < -0.39 is 5.91 Å². The molecule has 0 aliphatic rings. The van der Waals surface area contributed by atoms with Gasteiger partial charge in [0.1, 0.15) is 22.9 Å². The van der Waals surface area contributed by atoms with E-state index in [2.05, 4.69) is 10.3 Å². The van der Waals surface area contributed by atoms with Gasteiger partial charge >= 0.3 is 0 Å². The van der Waals surface area contributed by atoms with Gasteiger partial charge < -0.3 is 19.9 Å². The van der Waals surface area contributed by atoms with Gasteiger partial charge in [0, 0.05) is 18.3 Å². The highest BCUT2D eigenvalue weighted by atomic mass is 16.5. The standard InChI is InChI=1S/C14H14N2O4/c1-19-9-3-4-10(12(17)7-9)14(18)16-11-8-15-6-5-13(11)20-2/h3-8,17H,1-2H3,(H,16,18). The summed E-state index contributed by atoms with van der Waals surface area (Å²) >= 11 is 0. The molecule has 0 spiro atoms. The molecule has 104 valence electrons. The molecule has 0 saturated carbocycles. The zero-order valence-electron chi connectivity index (χ0n) is 11.1. The lowest BCUT2D eigenvalue weighted by atomic mass is 10.1. The molecule has 2 N–H and O–H groups in total. The van der Waals surface area contributed by atoms with Crippen LogP contribution in [-0.2, 0) is 0 Å². The summed E-state index contributed by atoms with van der Waals surface area (Å²) in [6.07, 6.45) is 3.02. The van der Waals surface area contributed by atoms with Crippen molar-refractivity contribution >= 4 is 11.6 Å². The van der Waals surface area contributed by atoms with Gasteiger partial charge in [0.15, 0.2) is 0 Å². The minimum absolute atomic E-state index is 0.136.